The number of carboxylic acids is 1. The molecule has 0 amide bonds. The van der Waals surface area contributed by atoms with Gasteiger partial charge in [-0.1, -0.05) is 6.07 Å². The average Bonchev–Trinajstić information content (AvgIpc) is 2.77. The van der Waals surface area contributed by atoms with Crippen molar-refractivity contribution in [3.63, 3.8) is 0 Å². The van der Waals surface area contributed by atoms with E-state index in [2.05, 4.69) is 0 Å². The smallest absolute Gasteiger partial charge is 0.355 e. The fraction of sp³-hybridized carbons (Fsp3) is 0.421. The molecular formula is C19H22N2O8. The molecule has 2 aliphatic rings. The molecule has 1 aromatic carbocycles. The summed E-state index contributed by atoms with van der Waals surface area (Å²) in [5.41, 5.74) is 0.855. The lowest BCUT2D eigenvalue weighted by atomic mass is 10.1. The standard InChI is InChI=1S/C19H22N2O8/c1-26-18(24)13-10-29-11-21(16(13)19(25)27-2)14-5-3-4-12(17(22)23)15(14)20-6-8-28-9-7-20/h3-5H,6-11H2,1-2H3,(H,22,23). The maximum Gasteiger partial charge on any atom is 0.355 e. The molecule has 10 nitrogen and oxygen atoms in total. The highest BCUT2D eigenvalue weighted by Gasteiger charge is 2.35. The Kier molecular flexibility index (Phi) is 6.35. The van der Waals surface area contributed by atoms with Crippen LogP contribution in [0.1, 0.15) is 10.4 Å². The van der Waals surface area contributed by atoms with Crippen LogP contribution < -0.4 is 9.80 Å². The van der Waals surface area contributed by atoms with E-state index in [9.17, 15) is 19.5 Å². The Morgan fingerprint density at radius 3 is 2.34 bits per heavy atom. The molecule has 0 saturated carbocycles. The lowest BCUT2D eigenvalue weighted by Crippen LogP contribution is -2.42. The summed E-state index contributed by atoms with van der Waals surface area (Å²) in [6, 6.07) is 4.73. The number of carbonyl (C=O) groups excluding carboxylic acids is 2. The van der Waals surface area contributed by atoms with Crippen molar-refractivity contribution in [3.8, 4) is 0 Å². The summed E-state index contributed by atoms with van der Waals surface area (Å²) < 4.78 is 20.5. The van der Waals surface area contributed by atoms with Crippen LogP contribution in [0.2, 0.25) is 0 Å². The fourth-order valence-electron chi connectivity index (χ4n) is 3.37. The molecule has 2 aliphatic heterocycles. The first-order valence-electron chi connectivity index (χ1n) is 8.93. The molecule has 2 heterocycles. The topological polar surface area (TPSA) is 115 Å². The van der Waals surface area contributed by atoms with E-state index in [1.54, 1.807) is 12.1 Å². The van der Waals surface area contributed by atoms with Gasteiger partial charge in [-0.15, -0.1) is 0 Å². The number of nitrogens with zero attached hydrogens (tertiary/aromatic N) is 2. The van der Waals surface area contributed by atoms with E-state index in [1.165, 1.54) is 25.2 Å². The number of hydrogen-bond acceptors (Lipinski definition) is 9. The molecule has 10 heteroatoms. The fourth-order valence-corrected chi connectivity index (χ4v) is 3.37. The van der Waals surface area contributed by atoms with Gasteiger partial charge in [-0.2, -0.15) is 0 Å². The number of ether oxygens (including phenoxy) is 4. The molecule has 0 aliphatic carbocycles. The minimum atomic E-state index is -1.11. The summed E-state index contributed by atoms with van der Waals surface area (Å²) in [5, 5.41) is 9.73. The van der Waals surface area contributed by atoms with E-state index in [1.807, 2.05) is 4.90 Å². The molecular weight excluding hydrogens is 384 g/mol. The van der Waals surface area contributed by atoms with Crippen molar-refractivity contribution in [1.82, 2.24) is 0 Å². The van der Waals surface area contributed by atoms with Gasteiger partial charge in [-0.3, -0.25) is 0 Å². The van der Waals surface area contributed by atoms with Crippen molar-refractivity contribution in [1.29, 1.82) is 0 Å². The number of anilines is 2. The summed E-state index contributed by atoms with van der Waals surface area (Å²) in [6.07, 6.45) is 0. The number of hydrogen-bond donors (Lipinski definition) is 1. The predicted octanol–water partition coefficient (Wildman–Crippen LogP) is 0.616. The number of methoxy groups -OCH3 is 2. The monoisotopic (exact) mass is 406 g/mol. The van der Waals surface area contributed by atoms with Crippen LogP contribution in [0.25, 0.3) is 0 Å². The summed E-state index contributed by atoms with van der Waals surface area (Å²) in [7, 11) is 2.40. The Balaban J connectivity index is 2.20. The lowest BCUT2D eigenvalue weighted by molar-refractivity contribution is -0.140. The average molecular weight is 406 g/mol. The summed E-state index contributed by atoms with van der Waals surface area (Å²) in [5.74, 6) is -2.58. The molecule has 0 bridgehead atoms. The van der Waals surface area contributed by atoms with Crippen molar-refractivity contribution >= 4 is 29.3 Å². The highest BCUT2D eigenvalue weighted by molar-refractivity contribution is 6.05. The van der Waals surface area contributed by atoms with Crippen LogP contribution in [0.15, 0.2) is 29.5 Å². The number of carboxylic acid groups (broad SMARTS) is 1. The third-order valence-corrected chi connectivity index (χ3v) is 4.70. The van der Waals surface area contributed by atoms with E-state index < -0.39 is 17.9 Å². The summed E-state index contributed by atoms with van der Waals surface area (Å²) in [6.45, 7) is 1.65. The molecule has 3 rings (SSSR count). The highest BCUT2D eigenvalue weighted by Crippen LogP contribution is 2.37. The SMILES string of the molecule is COC(=O)C1=C(C(=O)OC)N(c2cccc(C(=O)O)c2N2CCOCC2)COC1. The number of para-hydroxylation sites is 1. The molecule has 1 saturated heterocycles. The van der Waals surface area contributed by atoms with Crippen LogP contribution in [0.5, 0.6) is 0 Å². The second-order valence-electron chi connectivity index (χ2n) is 6.29. The molecule has 156 valence electrons. The molecule has 1 N–H and O–H groups in total. The minimum absolute atomic E-state index is 0.000689. The molecule has 1 fully saturated rings. The van der Waals surface area contributed by atoms with Gasteiger partial charge in [0.25, 0.3) is 0 Å². The Hall–Kier alpha value is -3.11. The van der Waals surface area contributed by atoms with Crippen LogP contribution in [-0.4, -0.2) is 76.9 Å². The van der Waals surface area contributed by atoms with Gasteiger partial charge in [0.05, 0.1) is 56.6 Å². The Bertz CT molecular complexity index is 845. The van der Waals surface area contributed by atoms with Gasteiger partial charge in [0.2, 0.25) is 0 Å². The van der Waals surface area contributed by atoms with Crippen molar-refractivity contribution in [3.05, 3.63) is 35.0 Å². The largest absolute Gasteiger partial charge is 0.478 e. The molecule has 0 spiro atoms. The zero-order chi connectivity index (χ0) is 21.0. The van der Waals surface area contributed by atoms with Crippen LogP contribution in [0.4, 0.5) is 11.4 Å². The van der Waals surface area contributed by atoms with E-state index >= 15 is 0 Å². The van der Waals surface area contributed by atoms with Gasteiger partial charge in [0.15, 0.2) is 0 Å². The first-order chi connectivity index (χ1) is 14.0. The van der Waals surface area contributed by atoms with Crippen LogP contribution in [0.3, 0.4) is 0 Å². The summed E-state index contributed by atoms with van der Waals surface area (Å²) in [4.78, 5) is 40.0. The second kappa shape index (κ2) is 8.93. The van der Waals surface area contributed by atoms with E-state index in [4.69, 9.17) is 18.9 Å². The van der Waals surface area contributed by atoms with Crippen molar-refractivity contribution in [2.75, 3.05) is 63.7 Å². The van der Waals surface area contributed by atoms with Gasteiger partial charge in [0.1, 0.15) is 12.4 Å². The lowest BCUT2D eigenvalue weighted by Gasteiger charge is -2.37. The second-order valence-corrected chi connectivity index (χ2v) is 6.29. The van der Waals surface area contributed by atoms with Crippen LogP contribution in [-0.2, 0) is 28.5 Å². The van der Waals surface area contributed by atoms with E-state index in [0.717, 1.165) is 0 Å². The Morgan fingerprint density at radius 1 is 1.03 bits per heavy atom. The minimum Gasteiger partial charge on any atom is -0.478 e. The summed E-state index contributed by atoms with van der Waals surface area (Å²) >= 11 is 0. The normalized spacial score (nSPS) is 17.2. The van der Waals surface area contributed by atoms with Crippen molar-refractivity contribution in [2.24, 2.45) is 0 Å². The van der Waals surface area contributed by atoms with Gasteiger partial charge in [0, 0.05) is 13.1 Å². The highest BCUT2D eigenvalue weighted by atomic mass is 16.5. The quantitative estimate of drug-likeness (QED) is 0.698. The number of morpholine rings is 1. The van der Waals surface area contributed by atoms with Gasteiger partial charge in [-0.05, 0) is 12.1 Å². The van der Waals surface area contributed by atoms with Crippen molar-refractivity contribution in [2.45, 2.75) is 0 Å². The maximum atomic E-state index is 12.6. The number of rotatable bonds is 5. The maximum absolute atomic E-state index is 12.6. The van der Waals surface area contributed by atoms with E-state index in [0.29, 0.717) is 37.7 Å². The first-order valence-corrected chi connectivity index (χ1v) is 8.93. The third-order valence-electron chi connectivity index (χ3n) is 4.70. The number of carbonyl (C=O) groups is 3. The van der Waals surface area contributed by atoms with Gasteiger partial charge >= 0.3 is 17.9 Å². The molecule has 1 aromatic rings. The zero-order valence-corrected chi connectivity index (χ0v) is 16.2. The third kappa shape index (κ3) is 4.03. The first kappa shape index (κ1) is 20.6. The predicted molar refractivity (Wildman–Crippen MR) is 101 cm³/mol. The van der Waals surface area contributed by atoms with Crippen LogP contribution >= 0.6 is 0 Å². The Labute approximate surface area is 167 Å². The van der Waals surface area contributed by atoms with Gasteiger partial charge < -0.3 is 33.9 Å². The Morgan fingerprint density at radius 2 is 1.72 bits per heavy atom. The molecule has 0 radical (unpaired) electrons. The van der Waals surface area contributed by atoms with E-state index in [-0.39, 0.29) is 30.2 Å². The molecule has 0 aromatic heterocycles. The molecule has 0 atom stereocenters. The molecule has 29 heavy (non-hydrogen) atoms. The number of benzene rings is 1. The van der Waals surface area contributed by atoms with Crippen molar-refractivity contribution < 1.29 is 38.4 Å². The number of esters is 2. The zero-order valence-electron chi connectivity index (χ0n) is 16.2. The number of aromatic carboxylic acids is 1. The van der Waals surface area contributed by atoms with Crippen LogP contribution in [0, 0.1) is 0 Å². The molecule has 0 unspecified atom stereocenters. The van der Waals surface area contributed by atoms with Gasteiger partial charge in [-0.25, -0.2) is 14.4 Å².